The third-order valence-electron chi connectivity index (χ3n) is 4.00. The number of carbonyl (C=O) groups excluding carboxylic acids is 2. The van der Waals surface area contributed by atoms with Crippen molar-refractivity contribution in [1.29, 1.82) is 0 Å². The summed E-state index contributed by atoms with van der Waals surface area (Å²) in [6.45, 7) is 5.10. The molecule has 0 aromatic heterocycles. The number of rotatable bonds is 4. The fraction of sp³-hybridized carbons (Fsp3) is 0.467. The van der Waals surface area contributed by atoms with Crippen molar-refractivity contribution in [2.45, 2.75) is 31.8 Å². The average Bonchev–Trinajstić information content (AvgIpc) is 2.73. The second-order valence-electron chi connectivity index (χ2n) is 5.66. The molecule has 0 aliphatic carbocycles. The van der Waals surface area contributed by atoms with Gasteiger partial charge in [-0.2, -0.15) is 0 Å². The fourth-order valence-electron chi connectivity index (χ4n) is 2.99. The molecule has 4 heteroatoms. The molecule has 1 fully saturated rings. The van der Waals surface area contributed by atoms with Crippen LogP contribution in [0.1, 0.15) is 30.9 Å². The molecule has 1 aromatic rings. The first kappa shape index (κ1) is 13.9. The molecule has 19 heavy (non-hydrogen) atoms. The maximum atomic E-state index is 11.9. The number of nitrogens with two attached hydrogens (primary N) is 1. The number of hydrogen-bond acceptors (Lipinski definition) is 4. The van der Waals surface area contributed by atoms with Crippen molar-refractivity contribution in [3.8, 4) is 0 Å². The van der Waals surface area contributed by atoms with E-state index in [2.05, 4.69) is 5.32 Å². The second kappa shape index (κ2) is 5.23. The van der Waals surface area contributed by atoms with Gasteiger partial charge in [0.05, 0.1) is 5.92 Å². The lowest BCUT2D eigenvalue weighted by Gasteiger charge is -2.27. The third kappa shape index (κ3) is 2.60. The van der Waals surface area contributed by atoms with E-state index in [9.17, 15) is 9.59 Å². The zero-order valence-corrected chi connectivity index (χ0v) is 11.3. The van der Waals surface area contributed by atoms with Gasteiger partial charge in [-0.1, -0.05) is 24.3 Å². The number of nitrogens with one attached hydrogen (secondary N) is 1. The zero-order chi connectivity index (χ0) is 14.0. The van der Waals surface area contributed by atoms with E-state index in [1.165, 1.54) is 0 Å². The van der Waals surface area contributed by atoms with Crippen molar-refractivity contribution in [2.75, 3.05) is 6.54 Å². The molecule has 1 aromatic carbocycles. The van der Waals surface area contributed by atoms with Crippen LogP contribution >= 0.6 is 0 Å². The average molecular weight is 260 g/mol. The molecule has 2 atom stereocenters. The standard InChI is InChI=1S/C15H20N2O2/c1-15(2)14(13(19)9-18)12(8-17-15)11-5-3-4-10(6-11)7-16/h3-6,9,12,14,17H,7-8,16H2,1-2H3. The molecule has 102 valence electrons. The van der Waals surface area contributed by atoms with Gasteiger partial charge in [0.1, 0.15) is 0 Å². The van der Waals surface area contributed by atoms with Crippen LogP contribution in [0.2, 0.25) is 0 Å². The van der Waals surface area contributed by atoms with Crippen LogP contribution in [-0.4, -0.2) is 24.2 Å². The molecule has 0 bridgehead atoms. The monoisotopic (exact) mass is 260 g/mol. The maximum Gasteiger partial charge on any atom is 0.200 e. The molecule has 2 unspecified atom stereocenters. The predicted molar refractivity (Wildman–Crippen MR) is 73.7 cm³/mol. The normalized spacial score (nSPS) is 25.2. The van der Waals surface area contributed by atoms with Crippen LogP contribution in [0.25, 0.3) is 0 Å². The molecule has 1 saturated heterocycles. The Labute approximate surface area is 113 Å². The van der Waals surface area contributed by atoms with Crippen molar-refractivity contribution in [2.24, 2.45) is 11.7 Å². The first-order valence-electron chi connectivity index (χ1n) is 6.52. The third-order valence-corrected chi connectivity index (χ3v) is 4.00. The first-order valence-corrected chi connectivity index (χ1v) is 6.52. The largest absolute Gasteiger partial charge is 0.326 e. The minimum atomic E-state index is -0.360. The Kier molecular flexibility index (Phi) is 3.83. The zero-order valence-electron chi connectivity index (χ0n) is 11.3. The lowest BCUT2D eigenvalue weighted by Crippen LogP contribution is -2.42. The van der Waals surface area contributed by atoms with E-state index < -0.39 is 0 Å². The van der Waals surface area contributed by atoms with Crippen LogP contribution in [0.3, 0.4) is 0 Å². The van der Waals surface area contributed by atoms with E-state index in [0.717, 1.165) is 11.1 Å². The lowest BCUT2D eigenvalue weighted by molar-refractivity contribution is -0.133. The molecule has 1 heterocycles. The number of aldehydes is 1. The van der Waals surface area contributed by atoms with Gasteiger partial charge >= 0.3 is 0 Å². The Balaban J connectivity index is 2.37. The molecule has 4 nitrogen and oxygen atoms in total. The van der Waals surface area contributed by atoms with Crippen molar-refractivity contribution < 1.29 is 9.59 Å². The van der Waals surface area contributed by atoms with E-state index in [0.29, 0.717) is 19.4 Å². The summed E-state index contributed by atoms with van der Waals surface area (Å²) in [6.07, 6.45) is 0.444. The number of benzene rings is 1. The lowest BCUT2D eigenvalue weighted by atomic mass is 9.76. The molecule has 0 spiro atoms. The van der Waals surface area contributed by atoms with Gasteiger partial charge in [-0.25, -0.2) is 0 Å². The highest BCUT2D eigenvalue weighted by Crippen LogP contribution is 2.38. The minimum Gasteiger partial charge on any atom is -0.326 e. The molecule has 3 N–H and O–H groups in total. The summed E-state index contributed by atoms with van der Waals surface area (Å²) in [5.74, 6) is -0.629. The molecule has 0 saturated carbocycles. The van der Waals surface area contributed by atoms with Gasteiger partial charge in [0.25, 0.3) is 0 Å². The van der Waals surface area contributed by atoms with Crippen LogP contribution in [-0.2, 0) is 16.1 Å². The van der Waals surface area contributed by atoms with Gasteiger partial charge in [-0.3, -0.25) is 9.59 Å². The highest BCUT2D eigenvalue weighted by molar-refractivity contribution is 6.26. The molecule has 1 aliphatic heterocycles. The van der Waals surface area contributed by atoms with Gasteiger partial charge in [0.15, 0.2) is 6.29 Å². The Hall–Kier alpha value is -1.52. The summed E-state index contributed by atoms with van der Waals surface area (Å²) < 4.78 is 0. The van der Waals surface area contributed by atoms with Gasteiger partial charge < -0.3 is 11.1 Å². The molecular weight excluding hydrogens is 240 g/mol. The number of ketones is 1. The van der Waals surface area contributed by atoms with E-state index in [-0.39, 0.29) is 23.2 Å². The summed E-state index contributed by atoms with van der Waals surface area (Å²) in [4.78, 5) is 22.8. The summed E-state index contributed by atoms with van der Waals surface area (Å²) in [6, 6.07) is 7.94. The van der Waals surface area contributed by atoms with E-state index in [1.54, 1.807) is 0 Å². The molecule has 1 aliphatic rings. The number of carbonyl (C=O) groups is 2. The smallest absolute Gasteiger partial charge is 0.200 e. The molecular formula is C15H20N2O2. The van der Waals surface area contributed by atoms with Crippen molar-refractivity contribution in [1.82, 2.24) is 5.32 Å². The molecule has 2 rings (SSSR count). The van der Waals surface area contributed by atoms with Crippen LogP contribution < -0.4 is 11.1 Å². The van der Waals surface area contributed by atoms with Crippen molar-refractivity contribution in [3.63, 3.8) is 0 Å². The summed E-state index contributed by atoms with van der Waals surface area (Å²) in [7, 11) is 0. The highest BCUT2D eigenvalue weighted by atomic mass is 16.2. The van der Waals surface area contributed by atoms with Crippen LogP contribution in [0.15, 0.2) is 24.3 Å². The van der Waals surface area contributed by atoms with Crippen LogP contribution in [0.4, 0.5) is 0 Å². The topological polar surface area (TPSA) is 72.2 Å². The van der Waals surface area contributed by atoms with Crippen LogP contribution in [0, 0.1) is 5.92 Å². The quantitative estimate of drug-likeness (QED) is 0.625. The van der Waals surface area contributed by atoms with E-state index >= 15 is 0 Å². The number of Topliss-reactive ketones (excluding diaryl/α,β-unsaturated/α-hetero) is 1. The first-order chi connectivity index (χ1) is 8.99. The number of hydrogen-bond donors (Lipinski definition) is 2. The Morgan fingerprint density at radius 1 is 1.53 bits per heavy atom. The van der Waals surface area contributed by atoms with Gasteiger partial charge in [-0.15, -0.1) is 0 Å². The second-order valence-corrected chi connectivity index (χ2v) is 5.66. The predicted octanol–water partition coefficient (Wildman–Crippen LogP) is 0.995. The highest BCUT2D eigenvalue weighted by Gasteiger charge is 2.46. The van der Waals surface area contributed by atoms with Gasteiger partial charge in [-0.05, 0) is 25.0 Å². The van der Waals surface area contributed by atoms with E-state index in [1.807, 2.05) is 38.1 Å². The Bertz CT molecular complexity index is 497. The molecule has 0 radical (unpaired) electrons. The van der Waals surface area contributed by atoms with Gasteiger partial charge in [0.2, 0.25) is 5.78 Å². The SMILES string of the molecule is CC1(C)NCC(c2cccc(CN)c2)C1C(=O)C=O. The Morgan fingerprint density at radius 2 is 2.26 bits per heavy atom. The van der Waals surface area contributed by atoms with Gasteiger partial charge in [0, 0.05) is 24.5 Å². The molecule has 0 amide bonds. The summed E-state index contributed by atoms with van der Waals surface area (Å²) >= 11 is 0. The minimum absolute atomic E-state index is 0.0270. The Morgan fingerprint density at radius 3 is 2.89 bits per heavy atom. The summed E-state index contributed by atoms with van der Waals surface area (Å²) in [5, 5.41) is 3.34. The maximum absolute atomic E-state index is 11.9. The fourth-order valence-corrected chi connectivity index (χ4v) is 2.99. The van der Waals surface area contributed by atoms with Crippen molar-refractivity contribution >= 4 is 12.1 Å². The van der Waals surface area contributed by atoms with Crippen LogP contribution in [0.5, 0.6) is 0 Å². The van der Waals surface area contributed by atoms with E-state index in [4.69, 9.17) is 5.73 Å². The van der Waals surface area contributed by atoms with Crippen molar-refractivity contribution in [3.05, 3.63) is 35.4 Å². The summed E-state index contributed by atoms with van der Waals surface area (Å²) in [5.41, 5.74) is 7.40.